The van der Waals surface area contributed by atoms with Gasteiger partial charge in [-0.25, -0.2) is 4.79 Å². The number of ether oxygens (including phenoxy) is 4. The van der Waals surface area contributed by atoms with Gasteiger partial charge in [0.2, 0.25) is 5.91 Å². The summed E-state index contributed by atoms with van der Waals surface area (Å²) in [5.41, 5.74) is 0.848. The van der Waals surface area contributed by atoms with Crippen molar-refractivity contribution in [2.45, 2.75) is 60.5 Å². The Morgan fingerprint density at radius 2 is 1.41 bits per heavy atom. The molecule has 8 heteroatoms. The Kier molecular flexibility index (Phi) is 13.7. The second kappa shape index (κ2) is 14.5. The molecule has 0 aliphatic rings. The van der Waals surface area contributed by atoms with Gasteiger partial charge in [0.1, 0.15) is 18.7 Å². The molecular formula is C21H40N2O6. The summed E-state index contributed by atoms with van der Waals surface area (Å²) in [6.07, 6.45) is 0. The summed E-state index contributed by atoms with van der Waals surface area (Å²) in [6, 6.07) is -1.34. The van der Waals surface area contributed by atoms with E-state index in [1.807, 2.05) is 0 Å². The number of carbonyl (C=O) groups excluding carboxylic acids is 2. The Hall–Kier alpha value is -1.51. The molecule has 0 fully saturated rings. The van der Waals surface area contributed by atoms with E-state index in [0.29, 0.717) is 26.4 Å². The van der Waals surface area contributed by atoms with Gasteiger partial charge in [-0.2, -0.15) is 0 Å². The Bertz CT molecular complexity index is 514. The molecule has 0 aromatic heterocycles. The van der Waals surface area contributed by atoms with Gasteiger partial charge in [0, 0.05) is 18.2 Å². The third kappa shape index (κ3) is 12.6. The maximum Gasteiger partial charge on any atom is 0.328 e. The van der Waals surface area contributed by atoms with Crippen molar-refractivity contribution in [2.75, 3.05) is 46.8 Å². The first-order valence-corrected chi connectivity index (χ1v) is 10.2. The number of nitrogens with one attached hydrogen (secondary N) is 1. The van der Waals surface area contributed by atoms with E-state index < -0.39 is 18.1 Å². The molecular weight excluding hydrogens is 376 g/mol. The van der Waals surface area contributed by atoms with E-state index in [1.165, 1.54) is 0 Å². The van der Waals surface area contributed by atoms with Gasteiger partial charge < -0.3 is 24.3 Å². The molecule has 0 rings (SSSR count). The van der Waals surface area contributed by atoms with Crippen LogP contribution in [0.1, 0.15) is 48.5 Å². The summed E-state index contributed by atoms with van der Waals surface area (Å²) in [6.45, 7) is 16.0. The van der Waals surface area contributed by atoms with Crippen molar-refractivity contribution in [1.82, 2.24) is 5.32 Å². The second-order valence-corrected chi connectivity index (χ2v) is 8.21. The van der Waals surface area contributed by atoms with Crippen LogP contribution in [-0.2, 0) is 28.5 Å². The third-order valence-electron chi connectivity index (χ3n) is 4.02. The highest BCUT2D eigenvalue weighted by molar-refractivity contribution is 5.94. The van der Waals surface area contributed by atoms with Gasteiger partial charge in [0.15, 0.2) is 0 Å². The first-order chi connectivity index (χ1) is 13.5. The molecule has 0 bridgehead atoms. The number of esters is 1. The lowest BCUT2D eigenvalue weighted by Gasteiger charge is -2.26. The topological polar surface area (TPSA) is 95.5 Å². The van der Waals surface area contributed by atoms with E-state index >= 15 is 0 Å². The largest absolute Gasteiger partial charge is 0.462 e. The molecule has 1 N–H and O–H groups in total. The molecule has 170 valence electrons. The molecule has 0 aromatic carbocycles. The minimum absolute atomic E-state index is 0.117. The minimum Gasteiger partial charge on any atom is -0.462 e. The quantitative estimate of drug-likeness (QED) is 0.265. The van der Waals surface area contributed by atoms with E-state index in [0.717, 1.165) is 5.71 Å². The fourth-order valence-electron chi connectivity index (χ4n) is 2.66. The van der Waals surface area contributed by atoms with Crippen molar-refractivity contribution in [3.05, 3.63) is 0 Å². The van der Waals surface area contributed by atoms with Crippen LogP contribution in [0.15, 0.2) is 4.99 Å². The fourth-order valence-corrected chi connectivity index (χ4v) is 2.66. The molecule has 1 amide bonds. The lowest BCUT2D eigenvalue weighted by molar-refractivity contribution is -0.149. The van der Waals surface area contributed by atoms with E-state index in [1.54, 1.807) is 21.0 Å². The number of nitrogens with zero attached hydrogens (tertiary/aromatic N) is 1. The van der Waals surface area contributed by atoms with Gasteiger partial charge in [-0.05, 0) is 19.8 Å². The number of aliphatic imine (C=N–C) groups is 1. The van der Waals surface area contributed by atoms with Crippen LogP contribution in [0.4, 0.5) is 0 Å². The molecule has 0 aliphatic heterocycles. The summed E-state index contributed by atoms with van der Waals surface area (Å²) >= 11 is 0. The zero-order valence-corrected chi connectivity index (χ0v) is 19.4. The smallest absolute Gasteiger partial charge is 0.328 e. The Morgan fingerprint density at radius 1 is 0.897 bits per heavy atom. The average Bonchev–Trinajstić information content (AvgIpc) is 2.62. The zero-order valence-electron chi connectivity index (χ0n) is 19.4. The van der Waals surface area contributed by atoms with Crippen LogP contribution < -0.4 is 5.32 Å². The van der Waals surface area contributed by atoms with Crippen LogP contribution >= 0.6 is 0 Å². The molecule has 0 heterocycles. The SMILES string of the molecule is COCCOCCOCCOC(=O)[C@@H](C)NC(=O)[C@H](C)/N=C(/C(C)C)C(C)(C)C. The van der Waals surface area contributed by atoms with E-state index in [-0.39, 0.29) is 30.5 Å². The van der Waals surface area contributed by atoms with Crippen LogP contribution in [0.2, 0.25) is 0 Å². The Morgan fingerprint density at radius 3 is 1.90 bits per heavy atom. The van der Waals surface area contributed by atoms with Crippen LogP contribution in [-0.4, -0.2) is 76.4 Å². The van der Waals surface area contributed by atoms with Crippen molar-refractivity contribution in [1.29, 1.82) is 0 Å². The molecule has 0 aliphatic carbocycles. The Labute approximate surface area is 175 Å². The summed E-state index contributed by atoms with van der Waals surface area (Å²) in [5, 5.41) is 2.66. The van der Waals surface area contributed by atoms with Crippen molar-refractivity contribution in [2.24, 2.45) is 16.3 Å². The number of methoxy groups -OCH3 is 1. The summed E-state index contributed by atoms with van der Waals surface area (Å²) in [4.78, 5) is 29.0. The molecule has 0 unspecified atom stereocenters. The van der Waals surface area contributed by atoms with Crippen molar-refractivity contribution >= 4 is 17.6 Å². The number of hydrogen-bond donors (Lipinski definition) is 1. The fraction of sp³-hybridized carbons (Fsp3) is 0.857. The standard InChI is InChI=1S/C21H40N2O6/c1-15(2)18(21(5,6)7)22-16(3)19(24)23-17(4)20(25)29-14-13-28-12-11-27-10-9-26-8/h15-17H,9-14H2,1-8H3,(H,23,24)/b22-18-/t16-,17+/m0/s1. The molecule has 8 nitrogen and oxygen atoms in total. The summed E-state index contributed by atoms with van der Waals surface area (Å²) < 4.78 is 20.6. The highest BCUT2D eigenvalue weighted by Gasteiger charge is 2.25. The van der Waals surface area contributed by atoms with Crippen molar-refractivity contribution in [3.8, 4) is 0 Å². The average molecular weight is 417 g/mol. The number of rotatable bonds is 14. The minimum atomic E-state index is -0.755. The van der Waals surface area contributed by atoms with Crippen molar-refractivity contribution < 1.29 is 28.5 Å². The molecule has 2 atom stereocenters. The van der Waals surface area contributed by atoms with Gasteiger partial charge >= 0.3 is 5.97 Å². The molecule has 0 radical (unpaired) electrons. The van der Waals surface area contributed by atoms with Gasteiger partial charge in [0.05, 0.1) is 33.0 Å². The van der Waals surface area contributed by atoms with E-state index in [9.17, 15) is 9.59 Å². The highest BCUT2D eigenvalue weighted by Crippen LogP contribution is 2.22. The van der Waals surface area contributed by atoms with Crippen LogP contribution in [0.3, 0.4) is 0 Å². The second-order valence-electron chi connectivity index (χ2n) is 8.21. The van der Waals surface area contributed by atoms with Crippen LogP contribution in [0.5, 0.6) is 0 Å². The van der Waals surface area contributed by atoms with E-state index in [2.05, 4.69) is 44.9 Å². The number of amides is 1. The Balaban J connectivity index is 4.25. The van der Waals surface area contributed by atoms with Gasteiger partial charge in [-0.3, -0.25) is 9.79 Å². The predicted molar refractivity (Wildman–Crippen MR) is 113 cm³/mol. The molecule has 29 heavy (non-hydrogen) atoms. The number of hydrogen-bond acceptors (Lipinski definition) is 7. The highest BCUT2D eigenvalue weighted by atomic mass is 16.6. The van der Waals surface area contributed by atoms with Gasteiger partial charge in [-0.1, -0.05) is 34.6 Å². The molecule has 0 aromatic rings. The van der Waals surface area contributed by atoms with E-state index in [4.69, 9.17) is 18.9 Å². The van der Waals surface area contributed by atoms with Crippen molar-refractivity contribution in [3.63, 3.8) is 0 Å². The van der Waals surface area contributed by atoms with Gasteiger partial charge in [0.25, 0.3) is 0 Å². The first kappa shape index (κ1) is 27.5. The molecule has 0 spiro atoms. The van der Waals surface area contributed by atoms with Crippen LogP contribution in [0.25, 0.3) is 0 Å². The summed E-state index contributed by atoms with van der Waals surface area (Å²) in [7, 11) is 1.61. The third-order valence-corrected chi connectivity index (χ3v) is 4.02. The predicted octanol–water partition coefficient (Wildman–Crippen LogP) is 2.25. The lowest BCUT2D eigenvalue weighted by atomic mass is 9.83. The normalized spacial score (nSPS) is 14.6. The van der Waals surface area contributed by atoms with Gasteiger partial charge in [-0.15, -0.1) is 0 Å². The molecule has 0 saturated carbocycles. The first-order valence-electron chi connectivity index (χ1n) is 10.2. The zero-order chi connectivity index (χ0) is 22.4. The lowest BCUT2D eigenvalue weighted by Crippen LogP contribution is -2.44. The monoisotopic (exact) mass is 416 g/mol. The number of carbonyl (C=O) groups is 2. The van der Waals surface area contributed by atoms with Crippen LogP contribution in [0, 0.1) is 11.3 Å². The molecule has 0 saturated heterocycles. The summed E-state index contributed by atoms with van der Waals surface area (Å²) in [5.74, 6) is -0.575. The maximum atomic E-state index is 12.4. The maximum absolute atomic E-state index is 12.4.